The molecule has 0 saturated carbocycles. The second-order valence-corrected chi connectivity index (χ2v) is 5.54. The van der Waals surface area contributed by atoms with E-state index in [1.54, 1.807) is 12.1 Å². The third kappa shape index (κ3) is 5.55. The van der Waals surface area contributed by atoms with E-state index >= 15 is 0 Å². The zero-order valence-electron chi connectivity index (χ0n) is 11.9. The predicted molar refractivity (Wildman–Crippen MR) is 73.6 cm³/mol. The number of nitrogens with one attached hydrogen (secondary N) is 1. The summed E-state index contributed by atoms with van der Waals surface area (Å²) in [7, 11) is 0. The van der Waals surface area contributed by atoms with Crippen LogP contribution in [0.3, 0.4) is 0 Å². The summed E-state index contributed by atoms with van der Waals surface area (Å²) in [6.45, 7) is 0.762. The number of piperidine rings is 1. The highest BCUT2D eigenvalue weighted by molar-refractivity contribution is 5.67. The fourth-order valence-corrected chi connectivity index (χ4v) is 2.79. The van der Waals surface area contributed by atoms with Gasteiger partial charge in [-0.05, 0) is 49.4 Å². The van der Waals surface area contributed by atoms with Crippen LogP contribution < -0.4 is 10.1 Å². The largest absolute Gasteiger partial charge is 0.573 e. The number of alkyl halides is 3. The van der Waals surface area contributed by atoms with Crippen LogP contribution in [0.1, 0.15) is 24.8 Å². The number of rotatable bonds is 5. The molecule has 1 heterocycles. The van der Waals surface area contributed by atoms with Crippen molar-refractivity contribution in [2.75, 3.05) is 6.54 Å². The maximum Gasteiger partial charge on any atom is 0.573 e. The molecule has 0 aliphatic carbocycles. The lowest BCUT2D eigenvalue weighted by molar-refractivity contribution is -0.274. The zero-order chi connectivity index (χ0) is 16.2. The minimum absolute atomic E-state index is 0.146. The molecule has 1 aromatic carbocycles. The van der Waals surface area contributed by atoms with Gasteiger partial charge in [0.15, 0.2) is 0 Å². The van der Waals surface area contributed by atoms with Crippen molar-refractivity contribution in [1.82, 2.24) is 5.32 Å². The van der Waals surface area contributed by atoms with Crippen LogP contribution >= 0.6 is 0 Å². The lowest BCUT2D eigenvalue weighted by Crippen LogP contribution is -2.40. The van der Waals surface area contributed by atoms with Crippen LogP contribution in [0.25, 0.3) is 0 Å². The number of carbonyl (C=O) groups is 1. The standard InChI is InChI=1S/C15H18F3NO3/c16-15(17,18)22-13-3-1-10(2-4-13)7-12-8-11(5-6-19-12)9-14(20)21/h1-4,11-12,19H,5-9H2,(H,20,21). The Morgan fingerprint density at radius 3 is 2.59 bits per heavy atom. The molecule has 0 spiro atoms. The summed E-state index contributed by atoms with van der Waals surface area (Å²) in [4.78, 5) is 10.8. The highest BCUT2D eigenvalue weighted by Crippen LogP contribution is 2.25. The van der Waals surface area contributed by atoms with E-state index in [0.29, 0.717) is 6.42 Å². The predicted octanol–water partition coefficient (Wildman–Crippen LogP) is 2.97. The summed E-state index contributed by atoms with van der Waals surface area (Å²) in [5.74, 6) is -0.882. The number of aliphatic carboxylic acids is 1. The van der Waals surface area contributed by atoms with Gasteiger partial charge < -0.3 is 15.2 Å². The summed E-state index contributed by atoms with van der Waals surface area (Å²) in [5, 5.41) is 12.2. The molecular weight excluding hydrogens is 299 g/mol. The molecule has 1 saturated heterocycles. The average Bonchev–Trinajstić information content (AvgIpc) is 2.39. The molecule has 0 radical (unpaired) electrons. The van der Waals surface area contributed by atoms with E-state index in [0.717, 1.165) is 24.9 Å². The van der Waals surface area contributed by atoms with E-state index in [9.17, 15) is 18.0 Å². The van der Waals surface area contributed by atoms with E-state index in [-0.39, 0.29) is 24.1 Å². The van der Waals surface area contributed by atoms with Crippen LogP contribution in [0.4, 0.5) is 13.2 Å². The Hall–Kier alpha value is -1.76. The molecule has 0 aromatic heterocycles. The highest BCUT2D eigenvalue weighted by atomic mass is 19.4. The molecule has 2 N–H and O–H groups in total. The Labute approximate surface area is 126 Å². The van der Waals surface area contributed by atoms with E-state index in [1.165, 1.54) is 12.1 Å². The molecule has 122 valence electrons. The quantitative estimate of drug-likeness (QED) is 0.876. The Bertz CT molecular complexity index is 502. The van der Waals surface area contributed by atoms with Crippen LogP contribution in [0, 0.1) is 5.92 Å². The zero-order valence-corrected chi connectivity index (χ0v) is 11.9. The van der Waals surface area contributed by atoms with Crippen LogP contribution in [0.15, 0.2) is 24.3 Å². The lowest BCUT2D eigenvalue weighted by atomic mass is 9.87. The minimum atomic E-state index is -4.68. The van der Waals surface area contributed by atoms with E-state index < -0.39 is 12.3 Å². The molecule has 4 nitrogen and oxygen atoms in total. The third-order valence-electron chi connectivity index (χ3n) is 3.71. The van der Waals surface area contributed by atoms with Gasteiger partial charge in [-0.25, -0.2) is 0 Å². The molecule has 0 bridgehead atoms. The van der Waals surface area contributed by atoms with Crippen LogP contribution in [0.5, 0.6) is 5.75 Å². The summed E-state index contributed by atoms with van der Waals surface area (Å²) in [5.41, 5.74) is 0.892. The van der Waals surface area contributed by atoms with Crippen LogP contribution in [-0.2, 0) is 11.2 Å². The molecule has 1 fully saturated rings. The minimum Gasteiger partial charge on any atom is -0.481 e. The first-order valence-corrected chi connectivity index (χ1v) is 7.11. The molecule has 2 rings (SSSR count). The van der Waals surface area contributed by atoms with Crippen molar-refractivity contribution in [2.24, 2.45) is 5.92 Å². The summed E-state index contributed by atoms with van der Waals surface area (Å²) < 4.78 is 40.1. The maximum absolute atomic E-state index is 12.1. The average molecular weight is 317 g/mol. The lowest BCUT2D eigenvalue weighted by Gasteiger charge is -2.29. The fourth-order valence-electron chi connectivity index (χ4n) is 2.79. The normalized spacial score (nSPS) is 22.3. The van der Waals surface area contributed by atoms with Crippen molar-refractivity contribution in [3.05, 3.63) is 29.8 Å². The van der Waals surface area contributed by atoms with Gasteiger partial charge in [0.25, 0.3) is 0 Å². The van der Waals surface area contributed by atoms with Crippen molar-refractivity contribution in [3.63, 3.8) is 0 Å². The fraction of sp³-hybridized carbons (Fsp3) is 0.533. The van der Waals surface area contributed by atoms with Crippen LogP contribution in [0.2, 0.25) is 0 Å². The van der Waals surface area contributed by atoms with E-state index in [4.69, 9.17) is 5.11 Å². The van der Waals surface area contributed by atoms with Crippen molar-refractivity contribution in [1.29, 1.82) is 0 Å². The molecule has 2 atom stereocenters. The molecule has 7 heteroatoms. The van der Waals surface area contributed by atoms with Gasteiger partial charge in [0, 0.05) is 12.5 Å². The van der Waals surface area contributed by atoms with Crippen molar-refractivity contribution in [2.45, 2.75) is 38.1 Å². The SMILES string of the molecule is O=C(O)CC1CCNC(Cc2ccc(OC(F)(F)F)cc2)C1. The smallest absolute Gasteiger partial charge is 0.481 e. The van der Waals surface area contributed by atoms with Gasteiger partial charge >= 0.3 is 12.3 Å². The number of carboxylic acid groups (broad SMARTS) is 1. The highest BCUT2D eigenvalue weighted by Gasteiger charge is 2.31. The van der Waals surface area contributed by atoms with Crippen molar-refractivity contribution < 1.29 is 27.8 Å². The van der Waals surface area contributed by atoms with Crippen molar-refractivity contribution in [3.8, 4) is 5.75 Å². The van der Waals surface area contributed by atoms with E-state index in [2.05, 4.69) is 10.1 Å². The van der Waals surface area contributed by atoms with Gasteiger partial charge in [0.05, 0.1) is 0 Å². The second kappa shape index (κ2) is 7.00. The Kier molecular flexibility index (Phi) is 5.28. The van der Waals surface area contributed by atoms with Gasteiger partial charge in [-0.2, -0.15) is 0 Å². The second-order valence-electron chi connectivity index (χ2n) is 5.54. The van der Waals surface area contributed by atoms with Crippen molar-refractivity contribution >= 4 is 5.97 Å². The molecule has 0 amide bonds. The number of hydrogen-bond acceptors (Lipinski definition) is 3. The van der Waals surface area contributed by atoms with Gasteiger partial charge in [-0.1, -0.05) is 12.1 Å². The molecule has 1 aromatic rings. The monoisotopic (exact) mass is 317 g/mol. The first kappa shape index (κ1) is 16.6. The topological polar surface area (TPSA) is 58.6 Å². The van der Waals surface area contributed by atoms with Gasteiger partial charge in [-0.3, -0.25) is 4.79 Å². The number of carboxylic acids is 1. The van der Waals surface area contributed by atoms with Crippen LogP contribution in [-0.4, -0.2) is 30.0 Å². The molecule has 2 unspecified atom stereocenters. The first-order chi connectivity index (χ1) is 10.3. The van der Waals surface area contributed by atoms with Gasteiger partial charge in [0.1, 0.15) is 5.75 Å². The number of halogens is 3. The Balaban J connectivity index is 1.89. The Morgan fingerprint density at radius 2 is 2.00 bits per heavy atom. The summed E-state index contributed by atoms with van der Waals surface area (Å²) >= 11 is 0. The number of hydrogen-bond donors (Lipinski definition) is 2. The molecule has 22 heavy (non-hydrogen) atoms. The summed E-state index contributed by atoms with van der Waals surface area (Å²) in [6.07, 6.45) is -2.27. The number of benzene rings is 1. The Morgan fingerprint density at radius 1 is 1.32 bits per heavy atom. The summed E-state index contributed by atoms with van der Waals surface area (Å²) in [6, 6.07) is 5.93. The number of ether oxygens (including phenoxy) is 1. The van der Waals surface area contributed by atoms with E-state index in [1.807, 2.05) is 0 Å². The van der Waals surface area contributed by atoms with Gasteiger partial charge in [-0.15, -0.1) is 13.2 Å². The molecule has 1 aliphatic rings. The van der Waals surface area contributed by atoms with Gasteiger partial charge in [0.2, 0.25) is 0 Å². The first-order valence-electron chi connectivity index (χ1n) is 7.11. The molecular formula is C15H18F3NO3. The maximum atomic E-state index is 12.1. The molecule has 1 aliphatic heterocycles. The third-order valence-corrected chi connectivity index (χ3v) is 3.71.